The Morgan fingerprint density at radius 3 is 2.46 bits per heavy atom. The van der Waals surface area contributed by atoms with E-state index in [9.17, 15) is 0 Å². The number of aromatic nitrogens is 3. The summed E-state index contributed by atoms with van der Waals surface area (Å²) in [5, 5.41) is 0. The molecule has 6 nitrogen and oxygen atoms in total. The van der Waals surface area contributed by atoms with E-state index in [2.05, 4.69) is 31.8 Å². The van der Waals surface area contributed by atoms with Crippen molar-refractivity contribution in [2.24, 2.45) is 0 Å². The maximum absolute atomic E-state index is 6.05. The second-order valence-corrected chi connectivity index (χ2v) is 8.47. The number of halogens is 3. The van der Waals surface area contributed by atoms with Gasteiger partial charge in [0.05, 0.1) is 7.11 Å². The fraction of sp³-hybridized carbons (Fsp3) is 0.471. The molecule has 0 radical (unpaired) electrons. The van der Waals surface area contributed by atoms with Gasteiger partial charge in [-0.25, -0.2) is 4.98 Å². The van der Waals surface area contributed by atoms with Crippen LogP contribution in [0.2, 0.25) is 0 Å². The normalized spacial score (nSPS) is 16.0. The van der Waals surface area contributed by atoms with Crippen LogP contribution in [0.5, 0.6) is 5.75 Å². The Morgan fingerprint density at radius 2 is 1.81 bits per heavy atom. The Bertz CT molecular complexity index is 760. The standard InChI is InChI=1S/C17H20Cl3N5O/c1-24-6-8-25(9-7-24)16-22-14(21-15(23-16)17(18,19)20)11-12-4-3-5-13(10-12)26-2/h3-5,10H,6-9,11H2,1-2H3. The molecule has 9 heteroatoms. The first-order valence-electron chi connectivity index (χ1n) is 8.24. The lowest BCUT2D eigenvalue weighted by Crippen LogP contribution is -2.45. The van der Waals surface area contributed by atoms with Crippen LogP contribution in [0.3, 0.4) is 0 Å². The Labute approximate surface area is 168 Å². The molecule has 1 aromatic heterocycles. The summed E-state index contributed by atoms with van der Waals surface area (Å²) in [5.41, 5.74) is 1.01. The van der Waals surface area contributed by atoms with E-state index in [4.69, 9.17) is 39.5 Å². The van der Waals surface area contributed by atoms with E-state index in [1.807, 2.05) is 24.3 Å². The van der Waals surface area contributed by atoms with E-state index in [1.165, 1.54) is 0 Å². The number of nitrogens with zero attached hydrogens (tertiary/aromatic N) is 5. The van der Waals surface area contributed by atoms with Crippen LogP contribution in [-0.4, -0.2) is 60.2 Å². The van der Waals surface area contributed by atoms with Crippen molar-refractivity contribution in [2.75, 3.05) is 45.2 Å². The minimum atomic E-state index is -1.70. The molecular weight excluding hydrogens is 397 g/mol. The van der Waals surface area contributed by atoms with Gasteiger partial charge >= 0.3 is 0 Å². The molecule has 0 spiro atoms. The average Bonchev–Trinajstić information content (AvgIpc) is 2.61. The largest absolute Gasteiger partial charge is 0.497 e. The van der Waals surface area contributed by atoms with Crippen LogP contribution >= 0.6 is 34.8 Å². The predicted molar refractivity (Wildman–Crippen MR) is 105 cm³/mol. The van der Waals surface area contributed by atoms with Crippen LogP contribution in [-0.2, 0) is 10.2 Å². The molecule has 1 aliphatic rings. The van der Waals surface area contributed by atoms with E-state index >= 15 is 0 Å². The molecule has 1 aliphatic heterocycles. The second kappa shape index (κ2) is 8.13. The molecule has 2 aromatic rings. The van der Waals surface area contributed by atoms with Gasteiger partial charge in [0.2, 0.25) is 9.74 Å². The summed E-state index contributed by atoms with van der Waals surface area (Å²) in [4.78, 5) is 17.7. The number of alkyl halides is 3. The molecule has 0 aliphatic carbocycles. The summed E-state index contributed by atoms with van der Waals surface area (Å²) in [5.74, 6) is 2.03. The van der Waals surface area contributed by atoms with Crippen molar-refractivity contribution in [1.29, 1.82) is 0 Å². The van der Waals surface area contributed by atoms with E-state index in [0.29, 0.717) is 18.2 Å². The molecule has 0 saturated carbocycles. The molecule has 1 aromatic carbocycles. The Hall–Kier alpha value is -1.34. The highest BCUT2D eigenvalue weighted by Gasteiger charge is 2.29. The van der Waals surface area contributed by atoms with Gasteiger partial charge in [-0.15, -0.1) is 0 Å². The van der Waals surface area contributed by atoms with Gasteiger partial charge in [0.1, 0.15) is 11.6 Å². The number of rotatable bonds is 4. The highest BCUT2D eigenvalue weighted by molar-refractivity contribution is 6.66. The SMILES string of the molecule is COc1cccc(Cc2nc(N3CCN(C)CC3)nc(C(Cl)(Cl)Cl)n2)c1. The van der Waals surface area contributed by atoms with Crippen molar-refractivity contribution in [3.63, 3.8) is 0 Å². The predicted octanol–water partition coefficient (Wildman–Crippen LogP) is 3.05. The molecule has 1 saturated heterocycles. The lowest BCUT2D eigenvalue weighted by Gasteiger charge is -2.32. The lowest BCUT2D eigenvalue weighted by molar-refractivity contribution is 0.311. The van der Waals surface area contributed by atoms with E-state index < -0.39 is 3.79 Å². The second-order valence-electron chi connectivity index (χ2n) is 6.19. The Kier molecular flexibility index (Phi) is 6.07. The molecule has 0 amide bonds. The molecule has 26 heavy (non-hydrogen) atoms. The van der Waals surface area contributed by atoms with Crippen LogP contribution in [0.1, 0.15) is 17.2 Å². The zero-order valence-electron chi connectivity index (χ0n) is 14.6. The third kappa shape index (κ3) is 4.88. The highest BCUT2D eigenvalue weighted by Crippen LogP contribution is 2.36. The average molecular weight is 417 g/mol. The first-order chi connectivity index (χ1) is 12.3. The zero-order chi connectivity index (χ0) is 18.7. The summed E-state index contributed by atoms with van der Waals surface area (Å²) in [6.07, 6.45) is 0.494. The molecule has 2 heterocycles. The number of benzene rings is 1. The van der Waals surface area contributed by atoms with Crippen molar-refractivity contribution in [1.82, 2.24) is 19.9 Å². The molecular formula is C17H20Cl3N5O. The molecule has 0 bridgehead atoms. The smallest absolute Gasteiger partial charge is 0.250 e. The number of likely N-dealkylation sites (N-methyl/N-ethyl adjacent to an activating group) is 1. The van der Waals surface area contributed by atoms with Crippen molar-refractivity contribution in [2.45, 2.75) is 10.2 Å². The van der Waals surface area contributed by atoms with Gasteiger partial charge in [-0.1, -0.05) is 46.9 Å². The monoisotopic (exact) mass is 415 g/mol. The minimum absolute atomic E-state index is 0.143. The maximum Gasteiger partial charge on any atom is 0.250 e. The summed E-state index contributed by atoms with van der Waals surface area (Å²) in [6.45, 7) is 3.50. The number of hydrogen-bond acceptors (Lipinski definition) is 6. The fourth-order valence-corrected chi connectivity index (χ4v) is 2.98. The Balaban J connectivity index is 1.92. The van der Waals surface area contributed by atoms with Gasteiger partial charge < -0.3 is 14.5 Å². The van der Waals surface area contributed by atoms with Crippen molar-refractivity contribution in [3.05, 3.63) is 41.5 Å². The minimum Gasteiger partial charge on any atom is -0.497 e. The first-order valence-corrected chi connectivity index (χ1v) is 9.37. The number of anilines is 1. The van der Waals surface area contributed by atoms with E-state index in [-0.39, 0.29) is 5.82 Å². The molecule has 1 fully saturated rings. The van der Waals surface area contributed by atoms with Crippen molar-refractivity contribution >= 4 is 40.8 Å². The van der Waals surface area contributed by atoms with Crippen LogP contribution in [0, 0.1) is 0 Å². The third-order valence-electron chi connectivity index (χ3n) is 4.21. The topological polar surface area (TPSA) is 54.4 Å². The van der Waals surface area contributed by atoms with Crippen LogP contribution < -0.4 is 9.64 Å². The maximum atomic E-state index is 6.05. The highest BCUT2D eigenvalue weighted by atomic mass is 35.6. The zero-order valence-corrected chi connectivity index (χ0v) is 16.9. The van der Waals surface area contributed by atoms with Crippen LogP contribution in [0.25, 0.3) is 0 Å². The summed E-state index contributed by atoms with van der Waals surface area (Å²) in [7, 11) is 3.72. The fourth-order valence-electron chi connectivity index (χ4n) is 2.73. The van der Waals surface area contributed by atoms with Gasteiger partial charge in [-0.2, -0.15) is 9.97 Å². The van der Waals surface area contributed by atoms with E-state index in [0.717, 1.165) is 37.5 Å². The van der Waals surface area contributed by atoms with Crippen molar-refractivity contribution in [3.8, 4) is 5.75 Å². The molecule has 140 valence electrons. The van der Waals surface area contributed by atoms with Gasteiger partial charge in [-0.05, 0) is 24.7 Å². The molecule has 0 atom stereocenters. The summed E-state index contributed by atoms with van der Waals surface area (Å²) in [6, 6.07) is 7.73. The van der Waals surface area contributed by atoms with E-state index in [1.54, 1.807) is 7.11 Å². The number of ether oxygens (including phenoxy) is 1. The Morgan fingerprint density at radius 1 is 1.08 bits per heavy atom. The van der Waals surface area contributed by atoms with Crippen LogP contribution in [0.4, 0.5) is 5.95 Å². The molecule has 0 unspecified atom stereocenters. The third-order valence-corrected chi connectivity index (χ3v) is 4.71. The number of hydrogen-bond donors (Lipinski definition) is 0. The molecule has 3 rings (SSSR count). The number of piperazine rings is 1. The summed E-state index contributed by atoms with van der Waals surface area (Å²) >= 11 is 18.1. The first kappa shape index (κ1) is 19.4. The lowest BCUT2D eigenvalue weighted by atomic mass is 10.1. The van der Waals surface area contributed by atoms with Gasteiger partial charge in [0, 0.05) is 32.6 Å². The van der Waals surface area contributed by atoms with Gasteiger partial charge in [-0.3, -0.25) is 0 Å². The van der Waals surface area contributed by atoms with Gasteiger partial charge in [0.25, 0.3) is 0 Å². The van der Waals surface area contributed by atoms with Crippen molar-refractivity contribution < 1.29 is 4.74 Å². The quantitative estimate of drug-likeness (QED) is 0.714. The van der Waals surface area contributed by atoms with Crippen LogP contribution in [0.15, 0.2) is 24.3 Å². The van der Waals surface area contributed by atoms with Gasteiger partial charge in [0.15, 0.2) is 5.82 Å². The summed E-state index contributed by atoms with van der Waals surface area (Å²) < 4.78 is 3.57. The number of methoxy groups -OCH3 is 1. The molecule has 0 N–H and O–H groups in total.